The predicted octanol–water partition coefficient (Wildman–Crippen LogP) is 2.19. The molecule has 0 aliphatic heterocycles. The summed E-state index contributed by atoms with van der Waals surface area (Å²) in [6, 6.07) is 5.24. The quantitative estimate of drug-likeness (QED) is 0.780. The van der Waals surface area contributed by atoms with Gasteiger partial charge in [0.25, 0.3) is 0 Å². The lowest BCUT2D eigenvalue weighted by atomic mass is 10.2. The van der Waals surface area contributed by atoms with E-state index in [2.05, 4.69) is 35.1 Å². The van der Waals surface area contributed by atoms with Crippen LogP contribution in [0.5, 0.6) is 0 Å². The average Bonchev–Trinajstić information content (AvgIpc) is 3.23. The molecule has 19 heavy (non-hydrogen) atoms. The van der Waals surface area contributed by atoms with Crippen molar-refractivity contribution in [1.82, 2.24) is 10.3 Å². The lowest BCUT2D eigenvalue weighted by Gasteiger charge is -2.30. The number of hydrogen-bond donors (Lipinski definition) is 1. The number of ether oxygens (including phenoxy) is 1. The lowest BCUT2D eigenvalue weighted by Crippen LogP contribution is -2.37. The van der Waals surface area contributed by atoms with E-state index in [1.807, 2.05) is 12.3 Å². The number of anilines is 1. The van der Waals surface area contributed by atoms with Crippen LogP contribution in [0.3, 0.4) is 0 Å². The highest BCUT2D eigenvalue weighted by Crippen LogP contribution is 2.23. The van der Waals surface area contributed by atoms with E-state index in [-0.39, 0.29) is 0 Å². The Hall–Kier alpha value is -1.13. The summed E-state index contributed by atoms with van der Waals surface area (Å²) in [5.74, 6) is 1.09. The van der Waals surface area contributed by atoms with Gasteiger partial charge in [-0.05, 0) is 32.8 Å². The SMILES string of the molecule is CCN(c1ncccc1CNC1CC1)C(C)COC. The molecule has 4 heteroatoms. The van der Waals surface area contributed by atoms with Crippen LogP contribution in [-0.2, 0) is 11.3 Å². The van der Waals surface area contributed by atoms with Crippen LogP contribution in [-0.4, -0.2) is 37.3 Å². The van der Waals surface area contributed by atoms with Crippen LogP contribution >= 0.6 is 0 Å². The third-order valence-electron chi connectivity index (χ3n) is 3.58. The van der Waals surface area contributed by atoms with E-state index >= 15 is 0 Å². The molecule has 2 rings (SSSR count). The molecule has 0 bridgehead atoms. The molecule has 1 unspecified atom stereocenters. The van der Waals surface area contributed by atoms with Gasteiger partial charge in [0.2, 0.25) is 0 Å². The van der Waals surface area contributed by atoms with E-state index in [9.17, 15) is 0 Å². The minimum absolute atomic E-state index is 0.338. The first-order chi connectivity index (χ1) is 9.26. The first-order valence-corrected chi connectivity index (χ1v) is 7.19. The van der Waals surface area contributed by atoms with Crippen LogP contribution in [0.15, 0.2) is 18.3 Å². The molecule has 1 saturated carbocycles. The summed E-state index contributed by atoms with van der Waals surface area (Å²) >= 11 is 0. The van der Waals surface area contributed by atoms with E-state index in [0.717, 1.165) is 31.6 Å². The van der Waals surface area contributed by atoms with Crippen molar-refractivity contribution in [2.45, 2.75) is 45.3 Å². The Bertz CT molecular complexity index is 393. The van der Waals surface area contributed by atoms with Gasteiger partial charge in [0.05, 0.1) is 12.6 Å². The second-order valence-electron chi connectivity index (χ2n) is 5.23. The topological polar surface area (TPSA) is 37.4 Å². The number of nitrogens with zero attached hydrogens (tertiary/aromatic N) is 2. The van der Waals surface area contributed by atoms with Gasteiger partial charge in [-0.2, -0.15) is 0 Å². The molecule has 1 N–H and O–H groups in total. The zero-order chi connectivity index (χ0) is 13.7. The van der Waals surface area contributed by atoms with Crippen LogP contribution in [0.2, 0.25) is 0 Å². The Morgan fingerprint density at radius 2 is 2.32 bits per heavy atom. The molecule has 1 atom stereocenters. The highest BCUT2D eigenvalue weighted by molar-refractivity contribution is 5.47. The Balaban J connectivity index is 2.10. The Morgan fingerprint density at radius 1 is 1.53 bits per heavy atom. The maximum Gasteiger partial charge on any atom is 0.133 e. The van der Waals surface area contributed by atoms with Crippen molar-refractivity contribution in [3.8, 4) is 0 Å². The molecule has 0 aromatic carbocycles. The number of pyridine rings is 1. The fraction of sp³-hybridized carbons (Fsp3) is 0.667. The standard InChI is InChI=1S/C15H25N3O/c1-4-18(12(2)11-19-3)15-13(6-5-9-16-15)10-17-14-7-8-14/h5-6,9,12,14,17H,4,7-8,10-11H2,1-3H3. The molecule has 106 valence electrons. The summed E-state index contributed by atoms with van der Waals surface area (Å²) < 4.78 is 5.27. The lowest BCUT2D eigenvalue weighted by molar-refractivity contribution is 0.181. The van der Waals surface area contributed by atoms with Gasteiger partial charge in [0.1, 0.15) is 5.82 Å². The molecule has 1 aliphatic carbocycles. The monoisotopic (exact) mass is 263 g/mol. The number of aromatic nitrogens is 1. The van der Waals surface area contributed by atoms with Crippen molar-refractivity contribution >= 4 is 5.82 Å². The second-order valence-corrected chi connectivity index (χ2v) is 5.23. The minimum Gasteiger partial charge on any atom is -0.383 e. The largest absolute Gasteiger partial charge is 0.383 e. The smallest absolute Gasteiger partial charge is 0.133 e. The summed E-state index contributed by atoms with van der Waals surface area (Å²) in [4.78, 5) is 6.89. The molecular formula is C15H25N3O. The molecule has 4 nitrogen and oxygen atoms in total. The number of methoxy groups -OCH3 is 1. The van der Waals surface area contributed by atoms with Gasteiger partial charge in [-0.15, -0.1) is 0 Å². The van der Waals surface area contributed by atoms with E-state index in [1.54, 1.807) is 7.11 Å². The number of nitrogens with one attached hydrogen (secondary N) is 1. The molecule has 0 spiro atoms. The van der Waals surface area contributed by atoms with Crippen molar-refractivity contribution in [3.63, 3.8) is 0 Å². The van der Waals surface area contributed by atoms with Crippen LogP contribution in [0.1, 0.15) is 32.3 Å². The van der Waals surface area contributed by atoms with Gasteiger partial charge in [-0.25, -0.2) is 4.98 Å². The van der Waals surface area contributed by atoms with Crippen molar-refractivity contribution in [2.24, 2.45) is 0 Å². The molecular weight excluding hydrogens is 238 g/mol. The molecule has 1 aromatic rings. The normalized spacial score (nSPS) is 16.4. The van der Waals surface area contributed by atoms with Crippen molar-refractivity contribution < 1.29 is 4.74 Å². The fourth-order valence-corrected chi connectivity index (χ4v) is 2.37. The zero-order valence-corrected chi connectivity index (χ0v) is 12.2. The second kappa shape index (κ2) is 6.87. The molecule has 1 fully saturated rings. The summed E-state index contributed by atoms with van der Waals surface area (Å²) in [6.45, 7) is 6.92. The van der Waals surface area contributed by atoms with Gasteiger partial charge in [0.15, 0.2) is 0 Å². The maximum absolute atomic E-state index is 5.27. The summed E-state index contributed by atoms with van der Waals surface area (Å²) in [7, 11) is 1.75. The molecule has 1 aliphatic rings. The van der Waals surface area contributed by atoms with Crippen LogP contribution in [0, 0.1) is 0 Å². The van der Waals surface area contributed by atoms with E-state index in [0.29, 0.717) is 6.04 Å². The molecule has 0 amide bonds. The fourth-order valence-electron chi connectivity index (χ4n) is 2.37. The van der Waals surface area contributed by atoms with Gasteiger partial charge in [0, 0.05) is 38.0 Å². The molecule has 1 aromatic heterocycles. The third kappa shape index (κ3) is 3.91. The van der Waals surface area contributed by atoms with Crippen LogP contribution in [0.4, 0.5) is 5.82 Å². The Morgan fingerprint density at radius 3 is 2.95 bits per heavy atom. The van der Waals surface area contributed by atoms with Gasteiger partial charge in [-0.3, -0.25) is 0 Å². The van der Waals surface area contributed by atoms with Gasteiger partial charge >= 0.3 is 0 Å². The summed E-state index contributed by atoms with van der Waals surface area (Å²) in [6.07, 6.45) is 4.50. The number of likely N-dealkylation sites (N-methyl/N-ethyl adjacent to an activating group) is 1. The highest BCUT2D eigenvalue weighted by atomic mass is 16.5. The van der Waals surface area contributed by atoms with Gasteiger partial charge in [-0.1, -0.05) is 6.07 Å². The van der Waals surface area contributed by atoms with Crippen molar-refractivity contribution in [3.05, 3.63) is 23.9 Å². The Kier molecular flexibility index (Phi) is 5.16. The summed E-state index contributed by atoms with van der Waals surface area (Å²) in [5, 5.41) is 3.57. The van der Waals surface area contributed by atoms with E-state index in [4.69, 9.17) is 4.74 Å². The molecule has 1 heterocycles. The number of hydrogen-bond acceptors (Lipinski definition) is 4. The van der Waals surface area contributed by atoms with E-state index < -0.39 is 0 Å². The minimum atomic E-state index is 0.338. The van der Waals surface area contributed by atoms with Crippen LogP contribution in [0.25, 0.3) is 0 Å². The Labute approximate surface area is 116 Å². The molecule has 0 radical (unpaired) electrons. The maximum atomic E-state index is 5.27. The van der Waals surface area contributed by atoms with Crippen LogP contribution < -0.4 is 10.2 Å². The van der Waals surface area contributed by atoms with E-state index in [1.165, 1.54) is 18.4 Å². The first kappa shape index (κ1) is 14.3. The van der Waals surface area contributed by atoms with Gasteiger partial charge < -0.3 is 15.0 Å². The van der Waals surface area contributed by atoms with Crippen molar-refractivity contribution in [2.75, 3.05) is 25.2 Å². The highest BCUT2D eigenvalue weighted by Gasteiger charge is 2.22. The zero-order valence-electron chi connectivity index (χ0n) is 12.2. The molecule has 0 saturated heterocycles. The first-order valence-electron chi connectivity index (χ1n) is 7.19. The summed E-state index contributed by atoms with van der Waals surface area (Å²) in [5.41, 5.74) is 1.28. The average molecular weight is 263 g/mol. The number of rotatable bonds is 8. The van der Waals surface area contributed by atoms with Crippen molar-refractivity contribution in [1.29, 1.82) is 0 Å². The third-order valence-corrected chi connectivity index (χ3v) is 3.58. The predicted molar refractivity (Wildman–Crippen MR) is 78.5 cm³/mol.